The Bertz CT molecular complexity index is 301. The van der Waals surface area contributed by atoms with Crippen molar-refractivity contribution in [1.82, 2.24) is 0 Å². The van der Waals surface area contributed by atoms with E-state index >= 15 is 0 Å². The number of halogens is 1. The van der Waals surface area contributed by atoms with Crippen LogP contribution in [0.15, 0.2) is 28.7 Å². The number of aliphatic hydroxyl groups is 1. The molecule has 0 aliphatic rings. The van der Waals surface area contributed by atoms with Crippen LogP contribution in [0.4, 0.5) is 0 Å². The molecule has 0 aliphatic heterocycles. The first kappa shape index (κ1) is 11.7. The zero-order valence-corrected chi connectivity index (χ0v) is 10.5. The van der Waals surface area contributed by atoms with Crippen LogP contribution in [0.5, 0.6) is 0 Å². The van der Waals surface area contributed by atoms with Crippen molar-refractivity contribution in [3.8, 4) is 0 Å². The van der Waals surface area contributed by atoms with Crippen LogP contribution in [0.2, 0.25) is 0 Å². The van der Waals surface area contributed by atoms with E-state index in [1.54, 1.807) is 0 Å². The third kappa shape index (κ3) is 3.43. The van der Waals surface area contributed by atoms with Gasteiger partial charge in [0.05, 0.1) is 6.10 Å². The highest BCUT2D eigenvalue weighted by atomic mass is 79.9. The topological polar surface area (TPSA) is 20.2 Å². The highest BCUT2D eigenvalue weighted by molar-refractivity contribution is 9.10. The smallest absolute Gasteiger partial charge is 0.0628 e. The lowest BCUT2D eigenvalue weighted by atomic mass is 9.85. The lowest BCUT2D eigenvalue weighted by Crippen LogP contribution is -2.28. The van der Waals surface area contributed by atoms with Gasteiger partial charge in [-0.3, -0.25) is 0 Å². The van der Waals surface area contributed by atoms with E-state index < -0.39 is 0 Å². The molecule has 78 valence electrons. The first-order chi connectivity index (χ1) is 6.39. The van der Waals surface area contributed by atoms with Crippen molar-refractivity contribution in [2.24, 2.45) is 5.41 Å². The number of rotatable bonds is 2. The molecular formula is C12H17BrO. The van der Waals surface area contributed by atoms with Gasteiger partial charge in [0.15, 0.2) is 0 Å². The molecule has 1 aromatic rings. The van der Waals surface area contributed by atoms with E-state index in [4.69, 9.17) is 0 Å². The average Bonchev–Trinajstić information content (AvgIpc) is 2.02. The molecule has 0 saturated carbocycles. The van der Waals surface area contributed by atoms with E-state index in [1.165, 1.54) is 5.56 Å². The van der Waals surface area contributed by atoms with Gasteiger partial charge in [0, 0.05) is 4.47 Å². The minimum atomic E-state index is -0.295. The monoisotopic (exact) mass is 256 g/mol. The van der Waals surface area contributed by atoms with E-state index in [0.717, 1.165) is 4.47 Å². The molecule has 1 nitrogen and oxygen atoms in total. The number of aliphatic hydroxyl groups excluding tert-OH is 1. The Labute approximate surface area is 94.3 Å². The second-order valence-corrected chi connectivity index (χ2v) is 5.63. The van der Waals surface area contributed by atoms with Crippen molar-refractivity contribution in [1.29, 1.82) is 0 Å². The normalized spacial score (nSPS) is 14.1. The van der Waals surface area contributed by atoms with Crippen molar-refractivity contribution >= 4 is 15.9 Å². The van der Waals surface area contributed by atoms with Crippen molar-refractivity contribution in [2.75, 3.05) is 0 Å². The maximum atomic E-state index is 9.91. The number of benzene rings is 1. The van der Waals surface area contributed by atoms with Gasteiger partial charge in [-0.15, -0.1) is 0 Å². The summed E-state index contributed by atoms with van der Waals surface area (Å²) in [5.74, 6) is 0. The second-order valence-electron chi connectivity index (χ2n) is 4.72. The molecule has 1 aromatic carbocycles. The van der Waals surface area contributed by atoms with E-state index in [-0.39, 0.29) is 11.5 Å². The van der Waals surface area contributed by atoms with Gasteiger partial charge in [-0.05, 0) is 29.5 Å². The fourth-order valence-electron chi connectivity index (χ4n) is 1.19. The number of hydrogen-bond acceptors (Lipinski definition) is 1. The summed E-state index contributed by atoms with van der Waals surface area (Å²) in [5, 5.41) is 9.91. The van der Waals surface area contributed by atoms with E-state index in [1.807, 2.05) is 18.2 Å². The molecule has 0 heterocycles. The Morgan fingerprint density at radius 2 is 2.00 bits per heavy atom. The van der Waals surface area contributed by atoms with Crippen LogP contribution in [0, 0.1) is 5.41 Å². The quantitative estimate of drug-likeness (QED) is 0.860. The van der Waals surface area contributed by atoms with Gasteiger partial charge in [-0.25, -0.2) is 0 Å². The average molecular weight is 257 g/mol. The summed E-state index contributed by atoms with van der Waals surface area (Å²) in [6.45, 7) is 6.15. The summed E-state index contributed by atoms with van der Waals surface area (Å²) in [7, 11) is 0. The molecule has 1 rings (SSSR count). The summed E-state index contributed by atoms with van der Waals surface area (Å²) in [4.78, 5) is 0. The predicted octanol–water partition coefficient (Wildman–Crippen LogP) is 3.40. The standard InChI is InChI=1S/C12H17BrO/c1-12(2,3)11(14)8-9-5-4-6-10(13)7-9/h4-7,11,14H,8H2,1-3H3. The van der Waals surface area contributed by atoms with Gasteiger partial charge < -0.3 is 5.11 Å². The van der Waals surface area contributed by atoms with Gasteiger partial charge in [0.2, 0.25) is 0 Å². The maximum Gasteiger partial charge on any atom is 0.0628 e. The molecule has 0 aliphatic carbocycles. The molecule has 0 spiro atoms. The van der Waals surface area contributed by atoms with Crippen LogP contribution in [-0.4, -0.2) is 11.2 Å². The second kappa shape index (κ2) is 4.45. The van der Waals surface area contributed by atoms with Crippen LogP contribution in [0.3, 0.4) is 0 Å². The number of hydrogen-bond donors (Lipinski definition) is 1. The van der Waals surface area contributed by atoms with E-state index in [2.05, 4.69) is 42.8 Å². The summed E-state index contributed by atoms with van der Waals surface area (Å²) in [6.07, 6.45) is 0.417. The summed E-state index contributed by atoms with van der Waals surface area (Å²) in [6, 6.07) is 8.08. The molecule has 1 N–H and O–H groups in total. The Balaban J connectivity index is 2.70. The van der Waals surface area contributed by atoms with Gasteiger partial charge in [-0.2, -0.15) is 0 Å². The van der Waals surface area contributed by atoms with E-state index in [9.17, 15) is 5.11 Å². The SMILES string of the molecule is CC(C)(C)C(O)Cc1cccc(Br)c1. The third-order valence-corrected chi connectivity index (χ3v) is 2.81. The Hall–Kier alpha value is -0.340. The molecular weight excluding hydrogens is 240 g/mol. The maximum absolute atomic E-state index is 9.91. The van der Waals surface area contributed by atoms with Gasteiger partial charge in [-0.1, -0.05) is 48.8 Å². The van der Waals surface area contributed by atoms with Crippen molar-refractivity contribution in [3.63, 3.8) is 0 Å². The highest BCUT2D eigenvalue weighted by Gasteiger charge is 2.21. The Kier molecular flexibility index (Phi) is 3.73. The molecule has 0 aromatic heterocycles. The van der Waals surface area contributed by atoms with Crippen LogP contribution in [0.1, 0.15) is 26.3 Å². The summed E-state index contributed by atoms with van der Waals surface area (Å²) < 4.78 is 1.07. The van der Waals surface area contributed by atoms with Crippen LogP contribution in [0.25, 0.3) is 0 Å². The first-order valence-corrected chi connectivity index (χ1v) is 5.61. The molecule has 0 amide bonds. The minimum absolute atomic E-state index is 0.0533. The van der Waals surface area contributed by atoms with Crippen molar-refractivity contribution in [3.05, 3.63) is 34.3 Å². The van der Waals surface area contributed by atoms with Crippen molar-refractivity contribution in [2.45, 2.75) is 33.3 Å². The Morgan fingerprint density at radius 3 is 2.50 bits per heavy atom. The summed E-state index contributed by atoms with van der Waals surface area (Å²) >= 11 is 3.42. The lowest BCUT2D eigenvalue weighted by molar-refractivity contribution is 0.0636. The van der Waals surface area contributed by atoms with Gasteiger partial charge >= 0.3 is 0 Å². The molecule has 0 fully saturated rings. The fraction of sp³-hybridized carbons (Fsp3) is 0.500. The predicted molar refractivity (Wildman–Crippen MR) is 63.3 cm³/mol. The molecule has 1 unspecified atom stereocenters. The van der Waals surface area contributed by atoms with Crippen LogP contribution < -0.4 is 0 Å². The third-order valence-electron chi connectivity index (χ3n) is 2.32. The van der Waals surface area contributed by atoms with Gasteiger partial charge in [0.1, 0.15) is 0 Å². The Morgan fingerprint density at radius 1 is 1.36 bits per heavy atom. The largest absolute Gasteiger partial charge is 0.392 e. The molecule has 14 heavy (non-hydrogen) atoms. The minimum Gasteiger partial charge on any atom is -0.392 e. The first-order valence-electron chi connectivity index (χ1n) is 4.82. The molecule has 1 atom stereocenters. The molecule has 0 saturated heterocycles. The van der Waals surface area contributed by atoms with E-state index in [0.29, 0.717) is 6.42 Å². The molecule has 2 heteroatoms. The van der Waals surface area contributed by atoms with Crippen LogP contribution >= 0.6 is 15.9 Å². The highest BCUT2D eigenvalue weighted by Crippen LogP contribution is 2.23. The lowest BCUT2D eigenvalue weighted by Gasteiger charge is -2.25. The van der Waals surface area contributed by atoms with Gasteiger partial charge in [0.25, 0.3) is 0 Å². The van der Waals surface area contributed by atoms with Crippen molar-refractivity contribution < 1.29 is 5.11 Å². The fourth-order valence-corrected chi connectivity index (χ4v) is 1.64. The zero-order valence-electron chi connectivity index (χ0n) is 8.92. The summed E-state index contributed by atoms with van der Waals surface area (Å²) in [5.41, 5.74) is 1.12. The molecule has 0 bridgehead atoms. The molecule has 0 radical (unpaired) electrons. The van der Waals surface area contributed by atoms with Crippen LogP contribution in [-0.2, 0) is 6.42 Å². The zero-order chi connectivity index (χ0) is 10.8.